The average molecular weight is 586 g/mol. The molecule has 0 bridgehead atoms. The summed E-state index contributed by atoms with van der Waals surface area (Å²) in [6, 6.07) is 45.2. The molecule has 4 aromatic heterocycles. The van der Waals surface area contributed by atoms with Crippen molar-refractivity contribution >= 4 is 43.5 Å². The van der Waals surface area contributed by atoms with Crippen LogP contribution in [-0.2, 0) is 5.41 Å². The highest BCUT2D eigenvalue weighted by Gasteiger charge is 2.51. The number of benzene rings is 5. The number of fused-ring (bicyclic) bond motifs is 8. The maximum Gasteiger partial charge on any atom is 0.235 e. The molecular formula is C41H23N5. The van der Waals surface area contributed by atoms with E-state index in [0.29, 0.717) is 5.95 Å². The van der Waals surface area contributed by atoms with E-state index in [1.54, 1.807) is 0 Å². The van der Waals surface area contributed by atoms with Gasteiger partial charge in [-0.05, 0) is 63.4 Å². The van der Waals surface area contributed by atoms with Crippen LogP contribution in [0.15, 0.2) is 140 Å². The second kappa shape index (κ2) is 8.49. The molecule has 0 atom stereocenters. The van der Waals surface area contributed by atoms with E-state index in [-0.39, 0.29) is 0 Å². The molecule has 0 radical (unpaired) electrons. The monoisotopic (exact) mass is 585 g/mol. The Bertz CT molecular complexity index is 2710. The normalized spacial score (nSPS) is 13.8. The zero-order valence-corrected chi connectivity index (χ0v) is 24.5. The summed E-state index contributed by atoms with van der Waals surface area (Å²) in [6.07, 6.45) is 3.76. The first kappa shape index (κ1) is 24.2. The fraction of sp³-hybridized carbons (Fsp3) is 0.0244. The lowest BCUT2D eigenvalue weighted by molar-refractivity contribution is 0.779. The Hall–Kier alpha value is -6.20. The molecular weight excluding hydrogens is 562 g/mol. The molecule has 1 spiro atoms. The van der Waals surface area contributed by atoms with Gasteiger partial charge in [0.2, 0.25) is 5.95 Å². The number of pyridine rings is 2. The fourth-order valence-corrected chi connectivity index (χ4v) is 8.41. The van der Waals surface area contributed by atoms with E-state index in [9.17, 15) is 0 Å². The summed E-state index contributed by atoms with van der Waals surface area (Å²) in [5.74, 6) is 0.665. The van der Waals surface area contributed by atoms with Gasteiger partial charge in [-0.2, -0.15) is 0 Å². The van der Waals surface area contributed by atoms with Gasteiger partial charge in [0.15, 0.2) is 0 Å². The fourth-order valence-electron chi connectivity index (χ4n) is 8.41. The molecule has 2 aliphatic rings. The Morgan fingerprint density at radius 1 is 0.457 bits per heavy atom. The number of hydrogen-bond acceptors (Lipinski definition) is 4. The minimum absolute atomic E-state index is 0.556. The highest BCUT2D eigenvalue weighted by atomic mass is 15.2. The van der Waals surface area contributed by atoms with Crippen molar-refractivity contribution in [3.63, 3.8) is 0 Å². The molecule has 0 unspecified atom stereocenters. The first-order valence-electron chi connectivity index (χ1n) is 15.6. The first-order valence-corrected chi connectivity index (χ1v) is 15.6. The van der Waals surface area contributed by atoms with E-state index < -0.39 is 5.41 Å². The number of hydrogen-bond donors (Lipinski definition) is 0. The van der Waals surface area contributed by atoms with Crippen molar-refractivity contribution in [2.45, 2.75) is 5.41 Å². The van der Waals surface area contributed by atoms with Crippen LogP contribution in [0, 0.1) is 0 Å². The second-order valence-corrected chi connectivity index (χ2v) is 12.2. The van der Waals surface area contributed by atoms with Crippen molar-refractivity contribution in [2.24, 2.45) is 0 Å². The van der Waals surface area contributed by atoms with Crippen molar-refractivity contribution in [1.82, 2.24) is 24.5 Å². The maximum absolute atomic E-state index is 5.33. The summed E-state index contributed by atoms with van der Waals surface area (Å²) >= 11 is 0. The van der Waals surface area contributed by atoms with Gasteiger partial charge in [0.05, 0.1) is 39.0 Å². The van der Waals surface area contributed by atoms with Gasteiger partial charge >= 0.3 is 0 Å². The lowest BCUT2D eigenvalue weighted by Gasteiger charge is -2.37. The molecule has 0 saturated carbocycles. The molecule has 5 heteroatoms. The molecule has 0 aliphatic heterocycles. The first-order chi connectivity index (χ1) is 22.8. The van der Waals surface area contributed by atoms with Crippen LogP contribution in [0.5, 0.6) is 0 Å². The summed E-state index contributed by atoms with van der Waals surface area (Å²) in [5, 5.41) is 5.98. The predicted octanol–water partition coefficient (Wildman–Crippen LogP) is 9.01. The molecule has 5 nitrogen and oxygen atoms in total. The lowest BCUT2D eigenvalue weighted by Crippen LogP contribution is -2.30. The van der Waals surface area contributed by atoms with Crippen LogP contribution in [0.1, 0.15) is 22.3 Å². The van der Waals surface area contributed by atoms with E-state index in [1.165, 1.54) is 43.8 Å². The van der Waals surface area contributed by atoms with E-state index in [2.05, 4.69) is 120 Å². The van der Waals surface area contributed by atoms with Gasteiger partial charge in [0.1, 0.15) is 0 Å². The summed E-state index contributed by atoms with van der Waals surface area (Å²) in [4.78, 5) is 20.4. The average Bonchev–Trinajstić information content (AvgIpc) is 3.62. The second-order valence-electron chi connectivity index (χ2n) is 12.2. The molecule has 4 heterocycles. The molecule has 0 amide bonds. The standard InChI is InChI=1S/C41H23N5/c1-2-10-25(11-3-1)37-26-13-4-5-18-31(26)44-40(45-37)46-32-19-7-15-28-35(32)36-33(46)21-20-24-12-6-14-27(34(24)36)41(28)29-16-8-22-42-38(29)39-30(41)17-9-23-43-39/h1-23H. The van der Waals surface area contributed by atoms with Crippen LogP contribution in [0.3, 0.4) is 0 Å². The van der Waals surface area contributed by atoms with Crippen LogP contribution >= 0.6 is 0 Å². The third-order valence-electron chi connectivity index (χ3n) is 10.1. The van der Waals surface area contributed by atoms with Gasteiger partial charge in [0.25, 0.3) is 0 Å². The van der Waals surface area contributed by atoms with Gasteiger partial charge in [-0.3, -0.25) is 14.5 Å². The molecule has 0 saturated heterocycles. The highest BCUT2D eigenvalue weighted by Crippen LogP contribution is 2.61. The molecule has 11 rings (SSSR count). The molecule has 0 fully saturated rings. The van der Waals surface area contributed by atoms with Gasteiger partial charge in [-0.1, -0.05) is 97.1 Å². The third kappa shape index (κ3) is 2.78. The van der Waals surface area contributed by atoms with Gasteiger partial charge < -0.3 is 0 Å². The molecule has 9 aromatic rings. The Morgan fingerprint density at radius 3 is 1.93 bits per heavy atom. The molecule has 46 heavy (non-hydrogen) atoms. The SMILES string of the molecule is c1ccc(-c2nc(-n3c4cccc5c4c4c6c(cccc6ccc43)C53c4cccnc4-c4ncccc43)nc3ccccc23)cc1. The minimum Gasteiger partial charge on any atom is -0.278 e. The van der Waals surface area contributed by atoms with Crippen molar-refractivity contribution in [3.8, 4) is 28.6 Å². The van der Waals surface area contributed by atoms with Gasteiger partial charge in [-0.15, -0.1) is 0 Å². The minimum atomic E-state index is -0.556. The van der Waals surface area contributed by atoms with Crippen molar-refractivity contribution in [1.29, 1.82) is 0 Å². The van der Waals surface area contributed by atoms with Crippen LogP contribution in [-0.4, -0.2) is 24.5 Å². The van der Waals surface area contributed by atoms with E-state index in [0.717, 1.165) is 44.6 Å². The van der Waals surface area contributed by atoms with Crippen molar-refractivity contribution in [2.75, 3.05) is 0 Å². The number of nitrogens with zero attached hydrogens (tertiary/aromatic N) is 5. The lowest BCUT2D eigenvalue weighted by atomic mass is 9.63. The quantitative estimate of drug-likeness (QED) is 0.203. The van der Waals surface area contributed by atoms with E-state index in [4.69, 9.17) is 19.9 Å². The van der Waals surface area contributed by atoms with Crippen molar-refractivity contribution < 1.29 is 0 Å². The van der Waals surface area contributed by atoms with Crippen LogP contribution in [0.25, 0.3) is 72.1 Å². The van der Waals surface area contributed by atoms with Gasteiger partial charge in [0, 0.05) is 34.1 Å². The smallest absolute Gasteiger partial charge is 0.235 e. The zero-order chi connectivity index (χ0) is 30.0. The van der Waals surface area contributed by atoms with Gasteiger partial charge in [-0.25, -0.2) is 9.97 Å². The molecule has 212 valence electrons. The summed E-state index contributed by atoms with van der Waals surface area (Å²) in [5.41, 5.74) is 11.3. The molecule has 0 N–H and O–H groups in total. The number of aromatic nitrogens is 5. The number of para-hydroxylation sites is 1. The molecule has 5 aromatic carbocycles. The topological polar surface area (TPSA) is 56.5 Å². The maximum atomic E-state index is 5.33. The predicted molar refractivity (Wildman–Crippen MR) is 183 cm³/mol. The summed E-state index contributed by atoms with van der Waals surface area (Å²) in [7, 11) is 0. The van der Waals surface area contributed by atoms with E-state index in [1.807, 2.05) is 24.5 Å². The van der Waals surface area contributed by atoms with Crippen LogP contribution < -0.4 is 0 Å². The zero-order valence-electron chi connectivity index (χ0n) is 24.5. The van der Waals surface area contributed by atoms with Crippen LogP contribution in [0.2, 0.25) is 0 Å². The largest absolute Gasteiger partial charge is 0.278 e. The summed E-state index contributed by atoms with van der Waals surface area (Å²) < 4.78 is 2.27. The van der Waals surface area contributed by atoms with Crippen molar-refractivity contribution in [3.05, 3.63) is 162 Å². The van der Waals surface area contributed by atoms with Crippen LogP contribution in [0.4, 0.5) is 0 Å². The Balaban J connectivity index is 1.34. The molecule has 2 aliphatic carbocycles. The summed E-state index contributed by atoms with van der Waals surface area (Å²) in [6.45, 7) is 0. The highest BCUT2D eigenvalue weighted by molar-refractivity contribution is 6.26. The third-order valence-corrected chi connectivity index (χ3v) is 10.1. The van der Waals surface area contributed by atoms with E-state index >= 15 is 0 Å². The Labute approximate surface area is 263 Å². The Morgan fingerprint density at radius 2 is 1.13 bits per heavy atom. The Kier molecular flexibility index (Phi) is 4.46. The number of rotatable bonds is 2.